The third-order valence-corrected chi connectivity index (χ3v) is 8.78. The Bertz CT molecular complexity index is 1250. The first kappa shape index (κ1) is 23.1. The number of ketones is 1. The maximum Gasteiger partial charge on any atom is 0.282 e. The molecule has 3 aromatic rings. The van der Waals surface area contributed by atoms with Crippen LogP contribution >= 0.6 is 0 Å². The molecule has 0 spiro atoms. The Balaban J connectivity index is 1.33. The zero-order chi connectivity index (χ0) is 23.7. The van der Waals surface area contributed by atoms with Gasteiger partial charge in [0.1, 0.15) is 17.6 Å². The van der Waals surface area contributed by atoms with E-state index < -0.39 is 10.2 Å². The Hall–Kier alpha value is -2.66. The number of benzene rings is 1. The van der Waals surface area contributed by atoms with E-state index in [-0.39, 0.29) is 17.3 Å². The molecule has 2 aromatic heterocycles. The number of hydrogen-bond donors (Lipinski definition) is 1. The van der Waals surface area contributed by atoms with Gasteiger partial charge in [0, 0.05) is 56.8 Å². The van der Waals surface area contributed by atoms with Gasteiger partial charge < -0.3 is 13.9 Å². The minimum atomic E-state index is -3.46. The zero-order valence-electron chi connectivity index (χ0n) is 19.0. The number of fused-ring (bicyclic) bond motifs is 1. The number of hydrogen-bond acceptors (Lipinski definition) is 7. The standard InChI is InChI=1S/C24H29N3O6S/c28-20-7-8-21-23(19(17-33-21)24(29)22-6-5-15-32-22)18(20)16-25-11-13-27(14-12-25)34(30,31)26-9-3-1-2-4-10-26/h5-8,15,17,28H,1-4,9-14,16H2. The third kappa shape index (κ3) is 4.38. The Kier molecular flexibility index (Phi) is 6.48. The van der Waals surface area contributed by atoms with Crippen molar-refractivity contribution < 1.29 is 27.2 Å². The highest BCUT2D eigenvalue weighted by Gasteiger charge is 2.33. The average molecular weight is 488 g/mol. The fourth-order valence-electron chi connectivity index (χ4n) is 4.84. The molecule has 9 nitrogen and oxygen atoms in total. The summed E-state index contributed by atoms with van der Waals surface area (Å²) in [4.78, 5) is 15.0. The molecule has 0 saturated carbocycles. The number of phenolic OH excluding ortho intramolecular Hbond substituents is 1. The number of nitrogens with zero attached hydrogens (tertiary/aromatic N) is 3. The minimum absolute atomic E-state index is 0.0713. The van der Waals surface area contributed by atoms with Crippen molar-refractivity contribution in [1.29, 1.82) is 0 Å². The number of carbonyl (C=O) groups excluding carboxylic acids is 1. The summed E-state index contributed by atoms with van der Waals surface area (Å²) in [5, 5.41) is 11.2. The highest BCUT2D eigenvalue weighted by atomic mass is 32.2. The summed E-state index contributed by atoms with van der Waals surface area (Å²) in [6, 6.07) is 6.43. The highest BCUT2D eigenvalue weighted by Crippen LogP contribution is 2.34. The SMILES string of the molecule is O=C(c1ccco1)c1coc2ccc(O)c(CN3CCN(S(=O)(=O)N4CCCCCC4)CC3)c12. The van der Waals surface area contributed by atoms with E-state index in [1.165, 1.54) is 12.5 Å². The van der Waals surface area contributed by atoms with Gasteiger partial charge in [-0.25, -0.2) is 0 Å². The third-order valence-electron chi connectivity index (χ3n) is 6.74. The van der Waals surface area contributed by atoms with Crippen molar-refractivity contribution in [3.05, 3.63) is 53.7 Å². The molecule has 0 unspecified atom stereocenters. The minimum Gasteiger partial charge on any atom is -0.508 e. The second-order valence-corrected chi connectivity index (χ2v) is 10.8. The number of piperazine rings is 1. The van der Waals surface area contributed by atoms with Crippen LogP contribution in [-0.4, -0.2) is 72.1 Å². The Morgan fingerprint density at radius 3 is 2.29 bits per heavy atom. The predicted molar refractivity (Wildman–Crippen MR) is 126 cm³/mol. The Labute approximate surface area is 198 Å². The molecule has 2 aliphatic rings. The van der Waals surface area contributed by atoms with E-state index in [4.69, 9.17) is 8.83 Å². The van der Waals surface area contributed by atoms with E-state index in [1.807, 2.05) is 0 Å². The lowest BCUT2D eigenvalue weighted by molar-refractivity contribution is 0.101. The van der Waals surface area contributed by atoms with Crippen molar-refractivity contribution >= 4 is 27.0 Å². The second kappa shape index (κ2) is 9.53. The van der Waals surface area contributed by atoms with Gasteiger partial charge in [-0.2, -0.15) is 17.0 Å². The smallest absolute Gasteiger partial charge is 0.282 e. The van der Waals surface area contributed by atoms with Crippen molar-refractivity contribution in [2.75, 3.05) is 39.3 Å². The number of aromatic hydroxyl groups is 1. The highest BCUT2D eigenvalue weighted by molar-refractivity contribution is 7.86. The number of rotatable bonds is 6. The lowest BCUT2D eigenvalue weighted by Crippen LogP contribution is -2.52. The molecular formula is C24H29N3O6S. The first-order chi connectivity index (χ1) is 16.4. The Morgan fingerprint density at radius 2 is 1.62 bits per heavy atom. The van der Waals surface area contributed by atoms with Crippen LogP contribution in [0.25, 0.3) is 11.0 Å². The predicted octanol–water partition coefficient (Wildman–Crippen LogP) is 3.20. The molecule has 182 valence electrons. The van der Waals surface area contributed by atoms with Crippen LogP contribution in [0.5, 0.6) is 5.75 Å². The summed E-state index contributed by atoms with van der Waals surface area (Å²) < 4.78 is 40.3. The quantitative estimate of drug-likeness (QED) is 0.532. The Morgan fingerprint density at radius 1 is 0.912 bits per heavy atom. The molecule has 1 N–H and O–H groups in total. The average Bonchev–Trinajstić information content (AvgIpc) is 3.45. The van der Waals surface area contributed by atoms with Gasteiger partial charge in [0.2, 0.25) is 5.78 Å². The molecule has 0 amide bonds. The van der Waals surface area contributed by atoms with Gasteiger partial charge >= 0.3 is 0 Å². The van der Waals surface area contributed by atoms with Crippen molar-refractivity contribution in [2.24, 2.45) is 0 Å². The fourth-order valence-corrected chi connectivity index (χ4v) is 6.51. The monoisotopic (exact) mass is 487 g/mol. The molecule has 2 aliphatic heterocycles. The zero-order valence-corrected chi connectivity index (χ0v) is 19.8. The molecule has 5 rings (SSSR count). The van der Waals surface area contributed by atoms with E-state index in [0.29, 0.717) is 67.9 Å². The van der Waals surface area contributed by atoms with Crippen LogP contribution in [0.1, 0.15) is 47.4 Å². The summed E-state index contributed by atoms with van der Waals surface area (Å²) in [7, 11) is -3.46. The number of furan rings is 2. The van der Waals surface area contributed by atoms with E-state index in [9.17, 15) is 18.3 Å². The molecule has 1 aromatic carbocycles. The molecule has 0 atom stereocenters. The molecule has 0 aliphatic carbocycles. The van der Waals surface area contributed by atoms with E-state index in [1.54, 1.807) is 32.9 Å². The van der Waals surface area contributed by atoms with Gasteiger partial charge in [0.25, 0.3) is 10.2 Å². The van der Waals surface area contributed by atoms with E-state index >= 15 is 0 Å². The molecule has 34 heavy (non-hydrogen) atoms. The lowest BCUT2D eigenvalue weighted by atomic mass is 10.0. The van der Waals surface area contributed by atoms with Crippen LogP contribution in [0, 0.1) is 0 Å². The summed E-state index contributed by atoms with van der Waals surface area (Å²) in [6.07, 6.45) is 6.80. The van der Waals surface area contributed by atoms with Gasteiger partial charge in [-0.05, 0) is 37.1 Å². The van der Waals surface area contributed by atoms with Gasteiger partial charge in [-0.15, -0.1) is 0 Å². The summed E-state index contributed by atoms with van der Waals surface area (Å²) >= 11 is 0. The van der Waals surface area contributed by atoms with Crippen molar-refractivity contribution in [3.8, 4) is 5.75 Å². The van der Waals surface area contributed by atoms with Gasteiger partial charge in [-0.1, -0.05) is 12.8 Å². The van der Waals surface area contributed by atoms with Crippen LogP contribution < -0.4 is 0 Å². The molecule has 0 radical (unpaired) electrons. The number of carbonyl (C=O) groups is 1. The van der Waals surface area contributed by atoms with Gasteiger partial charge in [-0.3, -0.25) is 9.69 Å². The maximum absolute atomic E-state index is 13.1. The molecule has 2 fully saturated rings. The van der Waals surface area contributed by atoms with Crippen molar-refractivity contribution in [3.63, 3.8) is 0 Å². The fraction of sp³-hybridized carbons (Fsp3) is 0.458. The molecular weight excluding hydrogens is 458 g/mol. The van der Waals surface area contributed by atoms with E-state index in [2.05, 4.69) is 4.90 Å². The normalized spacial score (nSPS) is 19.4. The van der Waals surface area contributed by atoms with E-state index in [0.717, 1.165) is 25.7 Å². The summed E-state index contributed by atoms with van der Waals surface area (Å²) in [5.41, 5.74) is 1.42. The molecule has 2 saturated heterocycles. The summed E-state index contributed by atoms with van der Waals surface area (Å²) in [5.74, 6) is -0.0460. The first-order valence-corrected chi connectivity index (χ1v) is 13.1. The van der Waals surface area contributed by atoms with Gasteiger partial charge in [0.15, 0.2) is 5.76 Å². The van der Waals surface area contributed by atoms with Crippen LogP contribution in [0.2, 0.25) is 0 Å². The molecule has 4 heterocycles. The molecule has 0 bridgehead atoms. The summed E-state index contributed by atoms with van der Waals surface area (Å²) in [6.45, 7) is 3.39. The van der Waals surface area contributed by atoms with Crippen LogP contribution in [0.15, 0.2) is 45.6 Å². The number of phenols is 1. The second-order valence-electron chi connectivity index (χ2n) is 8.89. The first-order valence-electron chi connectivity index (χ1n) is 11.7. The topological polar surface area (TPSA) is 107 Å². The van der Waals surface area contributed by atoms with Crippen molar-refractivity contribution in [2.45, 2.75) is 32.2 Å². The van der Waals surface area contributed by atoms with Crippen molar-refractivity contribution in [1.82, 2.24) is 13.5 Å². The van der Waals surface area contributed by atoms with Crippen LogP contribution in [-0.2, 0) is 16.8 Å². The van der Waals surface area contributed by atoms with Crippen LogP contribution in [0.4, 0.5) is 0 Å². The lowest BCUT2D eigenvalue weighted by Gasteiger charge is -2.36. The largest absolute Gasteiger partial charge is 0.508 e. The van der Waals surface area contributed by atoms with Crippen LogP contribution in [0.3, 0.4) is 0 Å². The molecule has 10 heteroatoms. The maximum atomic E-state index is 13.1. The van der Waals surface area contributed by atoms with Gasteiger partial charge in [0.05, 0.1) is 11.8 Å².